The molecule has 1 fully saturated rings. The van der Waals surface area contributed by atoms with E-state index in [1.54, 1.807) is 0 Å². The lowest BCUT2D eigenvalue weighted by Gasteiger charge is -2.24. The number of para-hydroxylation sites is 1. The summed E-state index contributed by atoms with van der Waals surface area (Å²) in [7, 11) is 0. The predicted molar refractivity (Wildman–Crippen MR) is 108 cm³/mol. The molecule has 28 heavy (non-hydrogen) atoms. The normalized spacial score (nSPS) is 15.2. The van der Waals surface area contributed by atoms with Gasteiger partial charge in [0.1, 0.15) is 6.54 Å². The minimum Gasteiger partial charge on any atom is -0.419 e. The highest BCUT2D eigenvalue weighted by molar-refractivity contribution is 5.94. The standard InChI is InChI=1S/C21H27N5O2/c1-2-10-22-19(27)14-26-13-17(16-8-4-5-9-18(16)26)21-24-23-20(28-21)15-25-11-6-3-7-12-25/h4-5,8-9,13H,2-3,6-7,10-12,14-15H2,1H3,(H,22,27). The number of fused-ring (bicyclic) bond motifs is 1. The first-order valence-electron chi connectivity index (χ1n) is 10.1. The molecule has 1 aromatic carbocycles. The molecule has 3 aromatic rings. The van der Waals surface area contributed by atoms with E-state index in [1.807, 2.05) is 42.0 Å². The third kappa shape index (κ3) is 4.09. The monoisotopic (exact) mass is 381 g/mol. The van der Waals surface area contributed by atoms with Crippen molar-refractivity contribution in [2.24, 2.45) is 0 Å². The van der Waals surface area contributed by atoms with Crippen LogP contribution in [-0.2, 0) is 17.9 Å². The first-order chi connectivity index (χ1) is 13.7. The van der Waals surface area contributed by atoms with Crippen molar-refractivity contribution in [3.63, 3.8) is 0 Å². The molecule has 4 rings (SSSR count). The molecule has 0 radical (unpaired) electrons. The van der Waals surface area contributed by atoms with E-state index in [9.17, 15) is 4.79 Å². The van der Waals surface area contributed by atoms with Gasteiger partial charge in [-0.2, -0.15) is 0 Å². The van der Waals surface area contributed by atoms with Crippen LogP contribution in [-0.4, -0.2) is 45.2 Å². The van der Waals surface area contributed by atoms with Gasteiger partial charge in [-0.1, -0.05) is 31.5 Å². The number of rotatable bonds is 7. The molecule has 3 heterocycles. The maximum atomic E-state index is 12.2. The second-order valence-electron chi connectivity index (χ2n) is 7.38. The van der Waals surface area contributed by atoms with Crippen LogP contribution in [0, 0.1) is 0 Å². The van der Waals surface area contributed by atoms with Crippen LogP contribution >= 0.6 is 0 Å². The summed E-state index contributed by atoms with van der Waals surface area (Å²) in [6.45, 7) is 5.88. The Kier molecular flexibility index (Phi) is 5.71. The Hall–Kier alpha value is -2.67. The highest BCUT2D eigenvalue weighted by atomic mass is 16.4. The van der Waals surface area contributed by atoms with E-state index in [0.29, 0.717) is 24.9 Å². The van der Waals surface area contributed by atoms with Crippen LogP contribution in [0.25, 0.3) is 22.4 Å². The molecule has 1 saturated heterocycles. The molecule has 0 atom stereocenters. The molecule has 7 nitrogen and oxygen atoms in total. The zero-order chi connectivity index (χ0) is 19.3. The lowest BCUT2D eigenvalue weighted by molar-refractivity contribution is -0.121. The maximum Gasteiger partial charge on any atom is 0.249 e. The van der Waals surface area contributed by atoms with Crippen LogP contribution < -0.4 is 5.32 Å². The van der Waals surface area contributed by atoms with E-state index in [2.05, 4.69) is 20.4 Å². The number of carbonyl (C=O) groups excluding carboxylic acids is 1. The fourth-order valence-corrected chi connectivity index (χ4v) is 3.76. The fraction of sp³-hybridized carbons (Fsp3) is 0.476. The van der Waals surface area contributed by atoms with Crippen LogP contribution in [0.15, 0.2) is 34.9 Å². The highest BCUT2D eigenvalue weighted by Gasteiger charge is 2.19. The topological polar surface area (TPSA) is 76.2 Å². The Morgan fingerprint density at radius 2 is 2.00 bits per heavy atom. The minimum absolute atomic E-state index is 0.00506. The smallest absolute Gasteiger partial charge is 0.249 e. The molecule has 2 aromatic heterocycles. The van der Waals surface area contributed by atoms with Gasteiger partial charge in [0.2, 0.25) is 17.7 Å². The second-order valence-corrected chi connectivity index (χ2v) is 7.38. The first-order valence-corrected chi connectivity index (χ1v) is 10.1. The molecule has 0 spiro atoms. The predicted octanol–water partition coefficient (Wildman–Crippen LogP) is 3.20. The van der Waals surface area contributed by atoms with Crippen molar-refractivity contribution in [2.45, 2.75) is 45.7 Å². The van der Waals surface area contributed by atoms with E-state index in [0.717, 1.165) is 36.0 Å². The summed E-state index contributed by atoms with van der Waals surface area (Å²) in [6.07, 6.45) is 6.62. The highest BCUT2D eigenvalue weighted by Crippen LogP contribution is 2.30. The molecule has 148 valence electrons. The van der Waals surface area contributed by atoms with Gasteiger partial charge in [-0.25, -0.2) is 0 Å². The zero-order valence-electron chi connectivity index (χ0n) is 16.4. The molecule has 1 amide bonds. The van der Waals surface area contributed by atoms with E-state index >= 15 is 0 Å². The number of nitrogens with zero attached hydrogens (tertiary/aromatic N) is 4. The van der Waals surface area contributed by atoms with Crippen LogP contribution in [0.5, 0.6) is 0 Å². The molecule has 1 aliphatic rings. The molecule has 7 heteroatoms. The van der Waals surface area contributed by atoms with Crippen molar-refractivity contribution in [1.82, 2.24) is 25.0 Å². The average molecular weight is 381 g/mol. The summed E-state index contributed by atoms with van der Waals surface area (Å²) in [5.41, 5.74) is 1.86. The Balaban J connectivity index is 1.57. The molecule has 0 aliphatic carbocycles. The molecular formula is C21H27N5O2. The van der Waals surface area contributed by atoms with Crippen LogP contribution in [0.3, 0.4) is 0 Å². The maximum absolute atomic E-state index is 12.2. The number of hydrogen-bond donors (Lipinski definition) is 1. The summed E-state index contributed by atoms with van der Waals surface area (Å²) in [5, 5.41) is 12.5. The number of nitrogens with one attached hydrogen (secondary N) is 1. The molecule has 1 N–H and O–H groups in total. The molecule has 1 aliphatic heterocycles. The molecule has 0 saturated carbocycles. The molecule has 0 unspecified atom stereocenters. The lowest BCUT2D eigenvalue weighted by Crippen LogP contribution is -2.29. The number of amides is 1. The van der Waals surface area contributed by atoms with Gasteiger partial charge in [-0.05, 0) is 38.4 Å². The summed E-state index contributed by atoms with van der Waals surface area (Å²) in [4.78, 5) is 14.6. The van der Waals surface area contributed by atoms with Crippen LogP contribution in [0.1, 0.15) is 38.5 Å². The molecule has 0 bridgehead atoms. The number of hydrogen-bond acceptors (Lipinski definition) is 5. The number of aromatic nitrogens is 3. The summed E-state index contributed by atoms with van der Waals surface area (Å²) < 4.78 is 7.93. The summed E-state index contributed by atoms with van der Waals surface area (Å²) >= 11 is 0. The number of likely N-dealkylation sites (tertiary alicyclic amines) is 1. The van der Waals surface area contributed by atoms with Gasteiger partial charge in [0, 0.05) is 23.6 Å². The average Bonchev–Trinajstić information content (AvgIpc) is 3.32. The van der Waals surface area contributed by atoms with Crippen LogP contribution in [0.4, 0.5) is 0 Å². The van der Waals surface area contributed by atoms with Gasteiger partial charge in [0.15, 0.2) is 0 Å². The van der Waals surface area contributed by atoms with Crippen molar-refractivity contribution in [3.05, 3.63) is 36.4 Å². The third-order valence-corrected chi connectivity index (χ3v) is 5.18. The van der Waals surface area contributed by atoms with E-state index < -0.39 is 0 Å². The van der Waals surface area contributed by atoms with Crippen molar-refractivity contribution in [2.75, 3.05) is 19.6 Å². The summed E-state index contributed by atoms with van der Waals surface area (Å²) in [5.74, 6) is 1.16. The molecular weight excluding hydrogens is 354 g/mol. The second kappa shape index (κ2) is 8.56. The van der Waals surface area contributed by atoms with Crippen molar-refractivity contribution in [1.29, 1.82) is 0 Å². The van der Waals surface area contributed by atoms with Gasteiger partial charge in [0.25, 0.3) is 0 Å². The van der Waals surface area contributed by atoms with Gasteiger partial charge >= 0.3 is 0 Å². The Morgan fingerprint density at radius 1 is 1.18 bits per heavy atom. The number of carbonyl (C=O) groups is 1. The minimum atomic E-state index is 0.00506. The number of benzene rings is 1. The van der Waals surface area contributed by atoms with Crippen molar-refractivity contribution < 1.29 is 9.21 Å². The largest absolute Gasteiger partial charge is 0.419 e. The lowest BCUT2D eigenvalue weighted by atomic mass is 10.1. The summed E-state index contributed by atoms with van der Waals surface area (Å²) in [6, 6.07) is 8.00. The van der Waals surface area contributed by atoms with Crippen molar-refractivity contribution in [3.8, 4) is 11.5 Å². The Labute approximate surface area is 164 Å². The van der Waals surface area contributed by atoms with Gasteiger partial charge < -0.3 is 14.3 Å². The van der Waals surface area contributed by atoms with Crippen LogP contribution in [0.2, 0.25) is 0 Å². The van der Waals surface area contributed by atoms with E-state index in [4.69, 9.17) is 4.42 Å². The quantitative estimate of drug-likeness (QED) is 0.680. The third-order valence-electron chi connectivity index (χ3n) is 5.18. The van der Waals surface area contributed by atoms with Gasteiger partial charge in [-0.3, -0.25) is 9.69 Å². The van der Waals surface area contributed by atoms with Gasteiger partial charge in [-0.15, -0.1) is 10.2 Å². The van der Waals surface area contributed by atoms with E-state index in [-0.39, 0.29) is 12.5 Å². The van der Waals surface area contributed by atoms with Crippen molar-refractivity contribution >= 4 is 16.8 Å². The fourth-order valence-electron chi connectivity index (χ4n) is 3.76. The Morgan fingerprint density at radius 3 is 2.82 bits per heavy atom. The Bertz CT molecular complexity index is 939. The zero-order valence-corrected chi connectivity index (χ0v) is 16.4. The SMILES string of the molecule is CCCNC(=O)Cn1cc(-c2nnc(CN3CCCCC3)o2)c2ccccc21. The van der Waals surface area contributed by atoms with E-state index in [1.165, 1.54) is 19.3 Å². The first kappa shape index (κ1) is 18.7. The number of piperidine rings is 1. The van der Waals surface area contributed by atoms with Gasteiger partial charge in [0.05, 0.1) is 12.1 Å².